The van der Waals surface area contributed by atoms with Crippen molar-refractivity contribution in [3.8, 4) is 5.75 Å². The van der Waals surface area contributed by atoms with Crippen LogP contribution in [0.5, 0.6) is 5.75 Å². The third-order valence-electron chi connectivity index (χ3n) is 5.28. The summed E-state index contributed by atoms with van der Waals surface area (Å²) in [5.41, 5.74) is 0.0256. The fourth-order valence-electron chi connectivity index (χ4n) is 3.52. The molecule has 0 aromatic heterocycles. The Kier molecular flexibility index (Phi) is 6.24. The molecule has 1 saturated heterocycles. The van der Waals surface area contributed by atoms with Crippen molar-refractivity contribution in [2.45, 2.75) is 31.2 Å². The molecule has 29 heavy (non-hydrogen) atoms. The largest absolute Gasteiger partial charge is 0.497 e. The zero-order valence-corrected chi connectivity index (χ0v) is 17.3. The maximum Gasteiger partial charge on any atom is 0.246 e. The van der Waals surface area contributed by atoms with Crippen LogP contribution < -0.4 is 10.1 Å². The zero-order chi connectivity index (χ0) is 21.1. The van der Waals surface area contributed by atoms with Gasteiger partial charge in [-0.1, -0.05) is 24.3 Å². The van der Waals surface area contributed by atoms with Crippen molar-refractivity contribution in [2.75, 3.05) is 20.2 Å². The van der Waals surface area contributed by atoms with Gasteiger partial charge in [0.15, 0.2) is 0 Å². The molecule has 6 nitrogen and oxygen atoms in total. The topological polar surface area (TPSA) is 75.7 Å². The minimum absolute atomic E-state index is 0.0120. The van der Waals surface area contributed by atoms with Crippen LogP contribution in [0.4, 0.5) is 4.39 Å². The van der Waals surface area contributed by atoms with Crippen LogP contribution in [0.1, 0.15) is 25.3 Å². The van der Waals surface area contributed by atoms with Crippen LogP contribution in [0.2, 0.25) is 0 Å². The molecule has 3 rings (SSSR count). The van der Waals surface area contributed by atoms with E-state index in [4.69, 9.17) is 4.74 Å². The summed E-state index contributed by atoms with van der Waals surface area (Å²) in [5.74, 6) is -0.279. The summed E-state index contributed by atoms with van der Waals surface area (Å²) in [6, 6.07) is 12.6. The summed E-state index contributed by atoms with van der Waals surface area (Å²) in [6.07, 6.45) is 1.09. The van der Waals surface area contributed by atoms with Gasteiger partial charge in [-0.15, -0.1) is 0 Å². The molecule has 156 valence electrons. The smallest absolute Gasteiger partial charge is 0.246 e. The summed E-state index contributed by atoms with van der Waals surface area (Å²) in [6.45, 7) is 2.36. The number of amides is 1. The molecular formula is C21H25FN2O4S. The molecule has 1 amide bonds. The first kappa shape index (κ1) is 21.3. The molecule has 1 heterocycles. The molecule has 2 aromatic rings. The minimum Gasteiger partial charge on any atom is -0.497 e. The summed E-state index contributed by atoms with van der Waals surface area (Å²) >= 11 is 0. The lowest BCUT2D eigenvalue weighted by atomic mass is 9.82. The molecule has 1 aliphatic rings. The second kappa shape index (κ2) is 8.51. The number of piperidine rings is 1. The van der Waals surface area contributed by atoms with E-state index < -0.39 is 21.3 Å². The fraction of sp³-hybridized carbons (Fsp3) is 0.381. The van der Waals surface area contributed by atoms with Crippen molar-refractivity contribution < 1.29 is 22.3 Å². The number of halogens is 1. The van der Waals surface area contributed by atoms with E-state index in [1.807, 2.05) is 24.3 Å². The molecule has 1 fully saturated rings. The molecular weight excluding hydrogens is 395 g/mol. The van der Waals surface area contributed by atoms with E-state index in [-0.39, 0.29) is 23.9 Å². The van der Waals surface area contributed by atoms with Crippen LogP contribution in [-0.4, -0.2) is 38.8 Å². The third-order valence-corrected chi connectivity index (χ3v) is 7.15. The number of benzene rings is 2. The van der Waals surface area contributed by atoms with Crippen molar-refractivity contribution in [2.24, 2.45) is 5.41 Å². The second-order valence-corrected chi connectivity index (χ2v) is 9.37. The Hall–Kier alpha value is -2.45. The number of hydrogen-bond acceptors (Lipinski definition) is 4. The number of carbonyl (C=O) groups is 1. The predicted molar refractivity (Wildman–Crippen MR) is 107 cm³/mol. The highest BCUT2D eigenvalue weighted by Crippen LogP contribution is 2.33. The molecule has 0 saturated carbocycles. The SMILES string of the molecule is COc1ccc(CNC(=O)C2(C)CCCN(S(=O)(=O)c3ccccc3F)C2)cc1. The van der Waals surface area contributed by atoms with E-state index in [0.29, 0.717) is 19.4 Å². The van der Waals surface area contributed by atoms with Crippen LogP contribution in [-0.2, 0) is 21.4 Å². The monoisotopic (exact) mass is 420 g/mol. The Balaban J connectivity index is 1.70. The van der Waals surface area contributed by atoms with Gasteiger partial charge < -0.3 is 10.1 Å². The van der Waals surface area contributed by atoms with Gasteiger partial charge in [-0.25, -0.2) is 12.8 Å². The zero-order valence-electron chi connectivity index (χ0n) is 16.5. The first-order chi connectivity index (χ1) is 13.8. The molecule has 0 bridgehead atoms. The van der Waals surface area contributed by atoms with Crippen molar-refractivity contribution >= 4 is 15.9 Å². The van der Waals surface area contributed by atoms with Gasteiger partial charge in [0.1, 0.15) is 16.5 Å². The number of nitrogens with zero attached hydrogens (tertiary/aromatic N) is 1. The maximum atomic E-state index is 14.1. The summed E-state index contributed by atoms with van der Waals surface area (Å²) in [5, 5.41) is 2.89. The molecule has 2 aromatic carbocycles. The number of carbonyl (C=O) groups excluding carboxylic acids is 1. The highest BCUT2D eigenvalue weighted by atomic mass is 32.2. The van der Waals surface area contributed by atoms with E-state index in [1.54, 1.807) is 14.0 Å². The number of hydrogen-bond donors (Lipinski definition) is 1. The lowest BCUT2D eigenvalue weighted by molar-refractivity contribution is -0.132. The van der Waals surface area contributed by atoms with Crippen molar-refractivity contribution in [3.63, 3.8) is 0 Å². The summed E-state index contributed by atoms with van der Waals surface area (Å²) < 4.78 is 46.2. The fourth-order valence-corrected chi connectivity index (χ4v) is 5.18. The highest BCUT2D eigenvalue weighted by Gasteiger charge is 2.42. The van der Waals surface area contributed by atoms with E-state index >= 15 is 0 Å². The predicted octanol–water partition coefficient (Wildman–Crippen LogP) is 2.94. The average Bonchev–Trinajstić information content (AvgIpc) is 2.72. The summed E-state index contributed by atoms with van der Waals surface area (Å²) in [4.78, 5) is 12.5. The number of ether oxygens (including phenoxy) is 1. The quantitative estimate of drug-likeness (QED) is 0.780. The molecule has 1 N–H and O–H groups in total. The molecule has 1 atom stereocenters. The molecule has 1 aliphatic heterocycles. The van der Waals surface area contributed by atoms with Gasteiger partial charge >= 0.3 is 0 Å². The van der Waals surface area contributed by atoms with E-state index in [9.17, 15) is 17.6 Å². The Bertz CT molecular complexity index is 978. The number of sulfonamides is 1. The Morgan fingerprint density at radius 2 is 1.90 bits per heavy atom. The lowest BCUT2D eigenvalue weighted by Gasteiger charge is -2.38. The van der Waals surface area contributed by atoms with Gasteiger partial charge in [-0.2, -0.15) is 4.31 Å². The number of nitrogens with one attached hydrogen (secondary N) is 1. The van der Waals surface area contributed by atoms with Gasteiger partial charge in [-0.05, 0) is 49.6 Å². The Labute approximate surface area is 170 Å². The number of rotatable bonds is 6. The Morgan fingerprint density at radius 1 is 1.21 bits per heavy atom. The average molecular weight is 421 g/mol. The van der Waals surface area contributed by atoms with Crippen LogP contribution in [0.3, 0.4) is 0 Å². The lowest BCUT2D eigenvalue weighted by Crippen LogP contribution is -2.51. The molecule has 0 aliphatic carbocycles. The maximum absolute atomic E-state index is 14.1. The minimum atomic E-state index is -4.01. The first-order valence-corrected chi connectivity index (χ1v) is 10.9. The second-order valence-electron chi connectivity index (χ2n) is 7.46. The van der Waals surface area contributed by atoms with Crippen LogP contribution in [0.15, 0.2) is 53.4 Å². The van der Waals surface area contributed by atoms with Gasteiger partial charge in [0.25, 0.3) is 0 Å². The molecule has 1 unspecified atom stereocenters. The van der Waals surface area contributed by atoms with E-state index in [0.717, 1.165) is 17.4 Å². The van der Waals surface area contributed by atoms with Gasteiger partial charge in [-0.3, -0.25) is 4.79 Å². The van der Waals surface area contributed by atoms with Crippen molar-refractivity contribution in [1.82, 2.24) is 9.62 Å². The van der Waals surface area contributed by atoms with Crippen molar-refractivity contribution in [1.29, 1.82) is 0 Å². The molecule has 0 spiro atoms. The first-order valence-electron chi connectivity index (χ1n) is 9.42. The van der Waals surface area contributed by atoms with Crippen molar-refractivity contribution in [3.05, 3.63) is 59.9 Å². The van der Waals surface area contributed by atoms with E-state index in [2.05, 4.69) is 5.32 Å². The molecule has 0 radical (unpaired) electrons. The van der Waals surface area contributed by atoms with E-state index in [1.165, 1.54) is 22.5 Å². The Morgan fingerprint density at radius 3 is 2.55 bits per heavy atom. The van der Waals surface area contributed by atoms with Crippen LogP contribution >= 0.6 is 0 Å². The van der Waals surface area contributed by atoms with Gasteiger partial charge in [0.05, 0.1) is 12.5 Å². The van der Waals surface area contributed by atoms with Crippen LogP contribution in [0.25, 0.3) is 0 Å². The summed E-state index contributed by atoms with van der Waals surface area (Å²) in [7, 11) is -2.42. The standard InChI is InChI=1S/C21H25FN2O4S/c1-21(20(25)23-14-16-8-10-17(28-2)11-9-16)12-5-13-24(15-21)29(26,27)19-7-4-3-6-18(19)22/h3-4,6-11H,5,12-15H2,1-2H3,(H,23,25). The normalized spacial score (nSPS) is 20.2. The third kappa shape index (κ3) is 4.59. The molecule has 8 heteroatoms. The number of methoxy groups -OCH3 is 1. The van der Waals surface area contributed by atoms with Gasteiger partial charge in [0.2, 0.25) is 15.9 Å². The van der Waals surface area contributed by atoms with Crippen LogP contribution in [0, 0.1) is 11.2 Å². The van der Waals surface area contributed by atoms with Gasteiger partial charge in [0, 0.05) is 19.6 Å². The highest BCUT2D eigenvalue weighted by molar-refractivity contribution is 7.89.